The first-order valence-electron chi connectivity index (χ1n) is 8.15. The minimum absolute atomic E-state index is 0.105. The van der Waals surface area contributed by atoms with Crippen molar-refractivity contribution in [3.05, 3.63) is 78.2 Å². The zero-order chi connectivity index (χ0) is 15.5. The van der Waals surface area contributed by atoms with E-state index in [-0.39, 0.29) is 5.82 Å². The summed E-state index contributed by atoms with van der Waals surface area (Å²) < 4.78 is 14.5. The van der Waals surface area contributed by atoms with Crippen LogP contribution in [0.1, 0.15) is 49.1 Å². The Bertz CT molecular complexity index is 640. The summed E-state index contributed by atoms with van der Waals surface area (Å²) in [4.78, 5) is 0. The summed E-state index contributed by atoms with van der Waals surface area (Å²) >= 11 is 0. The Hall–Kier alpha value is -1.89. The molecule has 1 aromatic carbocycles. The van der Waals surface area contributed by atoms with Crippen molar-refractivity contribution in [1.82, 2.24) is 0 Å². The summed E-state index contributed by atoms with van der Waals surface area (Å²) in [5.41, 5.74) is 3.88. The van der Waals surface area contributed by atoms with E-state index in [4.69, 9.17) is 0 Å². The molecule has 1 aromatic rings. The van der Waals surface area contributed by atoms with Gasteiger partial charge in [-0.25, -0.2) is 4.39 Å². The third kappa shape index (κ3) is 3.14. The fourth-order valence-electron chi connectivity index (χ4n) is 3.49. The molecular weight excluding hydrogens is 271 g/mol. The van der Waals surface area contributed by atoms with E-state index in [0.717, 1.165) is 36.0 Å². The largest absolute Gasteiger partial charge is 0.206 e. The topological polar surface area (TPSA) is 0 Å². The van der Waals surface area contributed by atoms with Gasteiger partial charge in [0.25, 0.3) is 0 Å². The second-order valence-electron chi connectivity index (χ2n) is 6.44. The highest BCUT2D eigenvalue weighted by Gasteiger charge is 2.21. The average molecular weight is 294 g/mol. The van der Waals surface area contributed by atoms with Crippen LogP contribution in [0.3, 0.4) is 0 Å². The fourth-order valence-corrected chi connectivity index (χ4v) is 3.49. The molecule has 1 heteroatoms. The van der Waals surface area contributed by atoms with Crippen molar-refractivity contribution in [1.29, 1.82) is 0 Å². The first-order valence-corrected chi connectivity index (χ1v) is 8.15. The Morgan fingerprint density at radius 1 is 1.09 bits per heavy atom. The lowest BCUT2D eigenvalue weighted by atomic mass is 9.78. The van der Waals surface area contributed by atoms with Gasteiger partial charge < -0.3 is 0 Å². The summed E-state index contributed by atoms with van der Waals surface area (Å²) in [7, 11) is 0. The number of halogens is 1. The van der Waals surface area contributed by atoms with E-state index in [0.29, 0.717) is 17.4 Å². The summed E-state index contributed by atoms with van der Waals surface area (Å²) in [6.45, 7) is 7.81. The van der Waals surface area contributed by atoms with Gasteiger partial charge in [0.05, 0.1) is 0 Å². The van der Waals surface area contributed by atoms with E-state index in [2.05, 4.69) is 31.4 Å². The number of benzene rings is 1. The smallest absolute Gasteiger partial charge is 0.131 e. The van der Waals surface area contributed by atoms with E-state index in [1.54, 1.807) is 6.07 Å². The van der Waals surface area contributed by atoms with Crippen LogP contribution in [0.15, 0.2) is 61.2 Å². The minimum Gasteiger partial charge on any atom is -0.206 e. The maximum atomic E-state index is 14.5. The van der Waals surface area contributed by atoms with Gasteiger partial charge in [0, 0.05) is 5.56 Å². The van der Waals surface area contributed by atoms with Crippen molar-refractivity contribution in [2.45, 2.75) is 38.0 Å². The van der Waals surface area contributed by atoms with Crippen LogP contribution < -0.4 is 0 Å². The van der Waals surface area contributed by atoms with Crippen molar-refractivity contribution < 1.29 is 4.39 Å². The lowest BCUT2D eigenvalue weighted by Gasteiger charge is -2.27. The molecule has 0 nitrogen and oxygen atoms in total. The summed E-state index contributed by atoms with van der Waals surface area (Å²) in [6.07, 6.45) is 13.5. The molecule has 0 amide bonds. The van der Waals surface area contributed by atoms with Crippen molar-refractivity contribution in [3.63, 3.8) is 0 Å². The number of allylic oxidation sites excluding steroid dienone is 6. The van der Waals surface area contributed by atoms with Crippen LogP contribution in [0.2, 0.25) is 0 Å². The Balaban J connectivity index is 1.77. The zero-order valence-electron chi connectivity index (χ0n) is 13.0. The quantitative estimate of drug-likeness (QED) is 0.583. The van der Waals surface area contributed by atoms with Crippen LogP contribution in [0, 0.1) is 11.7 Å². The number of rotatable bonds is 3. The minimum atomic E-state index is -0.105. The first kappa shape index (κ1) is 15.0. The highest BCUT2D eigenvalue weighted by Crippen LogP contribution is 2.37. The number of hydrogen-bond acceptors (Lipinski definition) is 0. The normalized spacial score (nSPS) is 25.0. The van der Waals surface area contributed by atoms with Crippen molar-refractivity contribution >= 4 is 5.57 Å². The van der Waals surface area contributed by atoms with E-state index in [9.17, 15) is 4.39 Å². The molecule has 0 saturated heterocycles. The summed E-state index contributed by atoms with van der Waals surface area (Å²) in [6, 6.07) is 5.79. The van der Waals surface area contributed by atoms with E-state index < -0.39 is 0 Å². The first-order chi connectivity index (χ1) is 10.7. The molecule has 0 aromatic heterocycles. The van der Waals surface area contributed by atoms with E-state index in [1.165, 1.54) is 12.8 Å². The third-order valence-electron chi connectivity index (χ3n) is 4.96. The van der Waals surface area contributed by atoms with Crippen LogP contribution in [-0.2, 0) is 0 Å². The van der Waals surface area contributed by atoms with Gasteiger partial charge in [-0.05, 0) is 61.1 Å². The Kier molecular flexibility index (Phi) is 4.42. The zero-order valence-corrected chi connectivity index (χ0v) is 13.0. The molecule has 1 fully saturated rings. The SMILES string of the molecule is C=CC1CCC(c2ccc(C3=CCC(=C)C=C3)c(F)c2)CC1. The lowest BCUT2D eigenvalue weighted by Crippen LogP contribution is -2.11. The van der Waals surface area contributed by atoms with Gasteiger partial charge in [-0.3, -0.25) is 0 Å². The molecule has 0 heterocycles. The third-order valence-corrected chi connectivity index (χ3v) is 4.96. The molecule has 0 bridgehead atoms. The maximum Gasteiger partial charge on any atom is 0.131 e. The Morgan fingerprint density at radius 3 is 2.45 bits per heavy atom. The predicted molar refractivity (Wildman–Crippen MR) is 92.2 cm³/mol. The molecule has 22 heavy (non-hydrogen) atoms. The highest BCUT2D eigenvalue weighted by atomic mass is 19.1. The molecule has 0 N–H and O–H groups in total. The van der Waals surface area contributed by atoms with Gasteiger partial charge in [-0.2, -0.15) is 0 Å². The van der Waals surface area contributed by atoms with Crippen LogP contribution >= 0.6 is 0 Å². The molecule has 2 aliphatic rings. The molecule has 0 atom stereocenters. The monoisotopic (exact) mass is 294 g/mol. The van der Waals surface area contributed by atoms with Gasteiger partial charge >= 0.3 is 0 Å². The highest BCUT2D eigenvalue weighted by molar-refractivity contribution is 5.76. The summed E-state index contributed by atoms with van der Waals surface area (Å²) in [5, 5.41) is 0. The van der Waals surface area contributed by atoms with E-state index in [1.807, 2.05) is 18.2 Å². The van der Waals surface area contributed by atoms with Crippen LogP contribution in [0.5, 0.6) is 0 Å². The molecule has 1 saturated carbocycles. The maximum absolute atomic E-state index is 14.5. The van der Waals surface area contributed by atoms with Crippen molar-refractivity contribution in [2.24, 2.45) is 5.92 Å². The van der Waals surface area contributed by atoms with Gasteiger partial charge in [-0.15, -0.1) is 6.58 Å². The lowest BCUT2D eigenvalue weighted by molar-refractivity contribution is 0.375. The average Bonchev–Trinajstić information content (AvgIpc) is 2.56. The Morgan fingerprint density at radius 2 is 1.86 bits per heavy atom. The van der Waals surface area contributed by atoms with Gasteiger partial charge in [0.2, 0.25) is 0 Å². The van der Waals surface area contributed by atoms with Crippen LogP contribution in [0.4, 0.5) is 4.39 Å². The second-order valence-corrected chi connectivity index (χ2v) is 6.44. The fraction of sp³-hybridized carbons (Fsp3) is 0.333. The molecule has 0 aliphatic heterocycles. The molecule has 0 radical (unpaired) electrons. The Labute approximate surface area is 132 Å². The van der Waals surface area contributed by atoms with E-state index >= 15 is 0 Å². The predicted octanol–water partition coefficient (Wildman–Crippen LogP) is 6.19. The van der Waals surface area contributed by atoms with Gasteiger partial charge in [-0.1, -0.05) is 48.6 Å². The molecule has 2 aliphatic carbocycles. The van der Waals surface area contributed by atoms with Gasteiger partial charge in [0.15, 0.2) is 0 Å². The van der Waals surface area contributed by atoms with Crippen molar-refractivity contribution in [2.75, 3.05) is 0 Å². The summed E-state index contributed by atoms with van der Waals surface area (Å²) in [5.74, 6) is 1.04. The van der Waals surface area contributed by atoms with Gasteiger partial charge in [0.1, 0.15) is 5.82 Å². The molecule has 0 unspecified atom stereocenters. The molecular formula is C21H23F. The van der Waals surface area contributed by atoms with Crippen LogP contribution in [0.25, 0.3) is 5.57 Å². The molecule has 3 rings (SSSR count). The molecule has 0 spiro atoms. The van der Waals surface area contributed by atoms with Crippen molar-refractivity contribution in [3.8, 4) is 0 Å². The van der Waals surface area contributed by atoms with Crippen LogP contribution in [-0.4, -0.2) is 0 Å². The standard InChI is InChI=1S/C21H23F/c1-3-16-6-10-17(11-7-16)19-12-13-20(21(22)14-19)18-8-4-15(2)5-9-18/h3-4,8-9,12-14,16-17H,1-2,5-7,10-11H2. The number of hydrogen-bond donors (Lipinski definition) is 0. The second kappa shape index (κ2) is 6.48. The molecule has 114 valence electrons.